The molecule has 8 N–H and O–H groups in total. The molecule has 5 aliphatic heterocycles. The summed E-state index contributed by atoms with van der Waals surface area (Å²) in [6, 6.07) is 19.5. The Morgan fingerprint density at radius 1 is 0.400 bits per heavy atom. The van der Waals surface area contributed by atoms with Crippen LogP contribution in [0.2, 0.25) is 0 Å². The molecular formula is C79H72Cl2N34O9S6. The number of hydrogen-bond donors (Lipinski definition) is 8. The number of sulfonamides is 1. The van der Waals surface area contributed by atoms with E-state index in [1.807, 2.05) is 117 Å². The zero-order chi connectivity index (χ0) is 91.7. The van der Waals surface area contributed by atoms with Crippen LogP contribution in [0.1, 0.15) is 57.9 Å². The standard InChI is InChI=1S/C19H18N6O3S2.2C16H14ClN7O2S.2C14H13N7OS/c1-4-30(27,28)23-13-7-5-12(6-8-13)21-19-20-11-15-17(22-19)24(2)14-9-10-29-16(14)18(26)25(15)3;1-22-9-4-6-27-13(9)15(26)23(2)10-8-18-16(20-14(10)22)19-11-3-5-24(21-11)12(25)7-17;1-22-10-3-4-27-13(10)15(26)23(2)11-7-18-16(21-14(11)22)20-9-6-19-24(8-9)12(25)5-17;1-20-8-4-6-23-11(8)13(22)21(2)9-7-15-14(18-12(9)20)17-10-3-5-16-19-10;1-20-9-3-4-23-11(9)13(22)21(2)10-7-15-14(19-12(10)20)18-8-5-16-17-6-8/h4-11,23H,1H2,2-3H3,(H,20,21,22);3-6,8H,7H2,1-2H3,(H,18,19,20,21);3-4,6-8H,5H2,1-2H3,(H,18,20,21);3-7H,1-2H3,(H2,15,16,17,18,19);3-7H,1-2H3,(H,16,17)(H,15,18,19). The maximum Gasteiger partial charge on any atom is 0.270 e. The average molecular weight is 1900 g/mol. The van der Waals surface area contributed by atoms with E-state index < -0.39 is 10.0 Å². The van der Waals surface area contributed by atoms with E-state index in [-0.39, 0.29) is 53.1 Å². The molecule has 0 atom stereocenters. The Hall–Kier alpha value is -15.3. The molecule has 0 fully saturated rings. The molecule has 0 saturated carbocycles. The van der Waals surface area contributed by atoms with Gasteiger partial charge in [0.15, 0.2) is 34.9 Å². The summed E-state index contributed by atoms with van der Waals surface area (Å²) < 4.78 is 27.8. The fraction of sp³-hybridized carbons (Fsp3) is 0.152. The maximum atomic E-state index is 12.7. The third kappa shape index (κ3) is 17.7. The minimum atomic E-state index is -3.56. The SMILES string of the molecule is C=CS(=O)(=O)Nc1ccc(Nc2ncc3c(n2)N(C)c2ccsc2C(=O)N3C)cc1.CN1C(=O)c2sccc2N(C)c2nc(Nc3ccn(C(=O)CCl)n3)ncc21.CN1C(=O)c2sccc2N(C)c2nc(Nc3ccn[nH]3)ncc21.CN1C(=O)c2sccc2N(C)c2nc(Nc3cn[nH]c3)ncc21.CN1C(=O)c2sccc2N(C)c2nc(Nc3cnn(C(=O)CCl)c3)ncc21. The van der Waals surface area contributed by atoms with Gasteiger partial charge < -0.3 is 75.6 Å². The molecule has 0 radical (unpaired) electrons. The van der Waals surface area contributed by atoms with E-state index in [1.165, 1.54) is 85.1 Å². The summed E-state index contributed by atoms with van der Waals surface area (Å²) in [5.41, 5.74) is 9.59. The van der Waals surface area contributed by atoms with Crippen LogP contribution in [-0.4, -0.2) is 222 Å². The fourth-order valence-electron chi connectivity index (χ4n) is 13.3. The van der Waals surface area contributed by atoms with Crippen LogP contribution in [0.5, 0.6) is 0 Å². The van der Waals surface area contributed by atoms with Crippen molar-refractivity contribution in [3.05, 3.63) is 198 Å². The summed E-state index contributed by atoms with van der Waals surface area (Å²) in [6.45, 7) is 3.26. The number of amides is 5. The van der Waals surface area contributed by atoms with E-state index in [0.29, 0.717) is 140 Å². The van der Waals surface area contributed by atoms with Crippen molar-refractivity contribution < 1.29 is 42.0 Å². The molecular weight excluding hydrogens is 1830 g/mol. The number of thiophene rings is 5. The molecule has 19 heterocycles. The predicted molar refractivity (Wildman–Crippen MR) is 506 cm³/mol. The highest BCUT2D eigenvalue weighted by atomic mass is 35.5. The number of benzene rings is 1. The molecule has 15 aromatic rings. The van der Waals surface area contributed by atoms with Gasteiger partial charge in [-0.1, -0.05) is 6.58 Å². The Morgan fingerprint density at radius 3 is 1.09 bits per heavy atom. The Labute approximate surface area is 768 Å². The van der Waals surface area contributed by atoms with Crippen molar-refractivity contribution >= 4 is 281 Å². The zero-order valence-electron chi connectivity index (χ0n) is 69.8. The van der Waals surface area contributed by atoms with Gasteiger partial charge >= 0.3 is 0 Å². The largest absolute Gasteiger partial charge is 0.326 e. The lowest BCUT2D eigenvalue weighted by Crippen LogP contribution is -2.25. The molecule has 0 unspecified atom stereocenters. The second kappa shape index (κ2) is 37.0. The van der Waals surface area contributed by atoms with Gasteiger partial charge in [-0.2, -0.15) is 40.2 Å². The van der Waals surface area contributed by atoms with Crippen molar-refractivity contribution in [2.24, 2.45) is 0 Å². The average Bonchev–Trinajstić information content (AvgIpc) is 1.64. The first-order chi connectivity index (χ1) is 62.6. The summed E-state index contributed by atoms with van der Waals surface area (Å²) in [5, 5.41) is 46.8. The number of carbonyl (C=O) groups excluding carboxylic acids is 7. The molecule has 0 spiro atoms. The summed E-state index contributed by atoms with van der Waals surface area (Å²) >= 11 is 18.1. The number of fused-ring (bicyclic) bond motifs is 10. The van der Waals surface area contributed by atoms with Crippen molar-refractivity contribution in [3.8, 4) is 0 Å². The molecule has 130 heavy (non-hydrogen) atoms. The number of rotatable bonds is 15. The summed E-state index contributed by atoms with van der Waals surface area (Å²) in [6.07, 6.45) is 17.6. The summed E-state index contributed by atoms with van der Waals surface area (Å²) in [7, 11) is 14.3. The molecule has 0 bridgehead atoms. The van der Waals surface area contributed by atoms with Gasteiger partial charge in [0.05, 0.1) is 95.6 Å². The molecule has 0 aliphatic carbocycles. The Morgan fingerprint density at radius 2 is 0.746 bits per heavy atom. The number of aromatic nitrogens is 18. The van der Waals surface area contributed by atoms with Crippen LogP contribution >= 0.6 is 79.9 Å². The Bertz CT molecular complexity index is 6670. The lowest BCUT2D eigenvalue weighted by molar-refractivity contribution is 0.0917. The Kier molecular flexibility index (Phi) is 25.1. The van der Waals surface area contributed by atoms with Crippen LogP contribution in [0.25, 0.3) is 0 Å². The number of halogens is 2. The van der Waals surface area contributed by atoms with E-state index in [9.17, 15) is 42.0 Å². The van der Waals surface area contributed by atoms with Gasteiger partial charge in [0, 0.05) is 112 Å². The maximum absolute atomic E-state index is 12.7. The number of alkyl halides is 2. The van der Waals surface area contributed by atoms with Crippen LogP contribution in [0.4, 0.5) is 150 Å². The third-order valence-electron chi connectivity index (χ3n) is 20.2. The molecule has 5 aliphatic rings. The third-order valence-corrected chi connectivity index (χ3v) is 26.1. The van der Waals surface area contributed by atoms with Gasteiger partial charge in [-0.3, -0.25) is 48.5 Å². The quantitative estimate of drug-likeness (QED) is 0.0442. The summed E-state index contributed by atoms with van der Waals surface area (Å²) in [5.74, 6) is 4.61. The molecule has 14 aromatic heterocycles. The number of hydrogen-bond acceptors (Lipinski definition) is 38. The van der Waals surface area contributed by atoms with Crippen LogP contribution in [0.15, 0.2) is 174 Å². The van der Waals surface area contributed by atoms with Gasteiger partial charge in [-0.15, -0.1) is 85.0 Å². The number of anilines is 26. The van der Waals surface area contributed by atoms with Gasteiger partial charge in [-0.05, 0) is 81.5 Å². The van der Waals surface area contributed by atoms with E-state index in [2.05, 4.69) is 118 Å². The van der Waals surface area contributed by atoms with Crippen LogP contribution in [-0.2, 0) is 10.0 Å². The molecule has 51 heteroatoms. The first-order valence-electron chi connectivity index (χ1n) is 38.3. The first-order valence-corrected chi connectivity index (χ1v) is 45.3. The highest BCUT2D eigenvalue weighted by Gasteiger charge is 2.37. The van der Waals surface area contributed by atoms with Crippen LogP contribution < -0.4 is 80.3 Å². The highest BCUT2D eigenvalue weighted by Crippen LogP contribution is 2.47. The van der Waals surface area contributed by atoms with Crippen molar-refractivity contribution in [1.82, 2.24) is 89.8 Å². The predicted octanol–water partition coefficient (Wildman–Crippen LogP) is 13.7. The molecule has 5 amide bonds. The van der Waals surface area contributed by atoms with Crippen molar-refractivity contribution in [2.45, 2.75) is 0 Å². The van der Waals surface area contributed by atoms with E-state index >= 15 is 0 Å². The first kappa shape index (κ1) is 88.2. The monoisotopic (exact) mass is 1900 g/mol. The number of H-pyrrole nitrogens is 2. The number of carbonyl (C=O) groups is 7. The number of nitrogens with zero attached hydrogens (tertiary/aromatic N) is 26. The van der Waals surface area contributed by atoms with E-state index in [4.69, 9.17) is 23.2 Å². The van der Waals surface area contributed by atoms with Crippen molar-refractivity contribution in [3.63, 3.8) is 0 Å². The van der Waals surface area contributed by atoms with Crippen molar-refractivity contribution in [2.75, 3.05) is 163 Å². The van der Waals surface area contributed by atoms with Gasteiger partial charge in [0.1, 0.15) is 70.4 Å². The molecule has 0 saturated heterocycles. The normalized spacial score (nSPS) is 13.4. The van der Waals surface area contributed by atoms with Crippen molar-refractivity contribution in [1.29, 1.82) is 0 Å². The second-order valence-corrected chi connectivity index (χ2v) is 34.9. The molecule has 20 rings (SSSR count). The topological polar surface area (TPSA) is 480 Å². The number of aromatic amines is 2. The molecule has 1 aromatic carbocycles. The summed E-state index contributed by atoms with van der Waals surface area (Å²) in [4.78, 5) is 151. The smallest absolute Gasteiger partial charge is 0.270 e. The second-order valence-electron chi connectivity index (χ2n) is 28.2. The lowest BCUT2D eigenvalue weighted by Gasteiger charge is -2.20. The van der Waals surface area contributed by atoms with Gasteiger partial charge in [0.25, 0.3) is 51.4 Å². The van der Waals surface area contributed by atoms with Crippen LogP contribution in [0, 0.1) is 0 Å². The van der Waals surface area contributed by atoms with E-state index in [1.54, 1.807) is 136 Å². The minimum Gasteiger partial charge on any atom is -0.326 e. The Balaban J connectivity index is 0.000000119. The van der Waals surface area contributed by atoms with Crippen LogP contribution in [0.3, 0.4) is 0 Å². The zero-order valence-corrected chi connectivity index (χ0v) is 76.2. The van der Waals surface area contributed by atoms with E-state index in [0.717, 1.165) is 48.9 Å². The lowest BCUT2D eigenvalue weighted by atomic mass is 10.3. The highest BCUT2D eigenvalue weighted by molar-refractivity contribution is 7.95. The molecule has 43 nitrogen and oxygen atoms in total. The number of nitrogens with one attached hydrogen (secondary N) is 8. The van der Waals surface area contributed by atoms with Gasteiger partial charge in [-0.25, -0.2) is 42.7 Å². The van der Waals surface area contributed by atoms with Gasteiger partial charge in [0.2, 0.25) is 29.7 Å². The fourth-order valence-corrected chi connectivity index (χ4v) is 18.6. The molecule has 662 valence electrons. The minimum absolute atomic E-state index is 0.0558.